The molecule has 23 nitrogen and oxygen atoms in total. The molecule has 6 aromatic carbocycles. The first kappa shape index (κ1) is 50.5. The molecule has 0 radical (unpaired) electrons. The van der Waals surface area contributed by atoms with Crippen molar-refractivity contribution in [2.75, 3.05) is 0 Å². The number of aldehydes is 2. The van der Waals surface area contributed by atoms with Crippen LogP contribution in [0.15, 0.2) is 72.8 Å². The minimum Gasteiger partial charge on any atom is -0.508 e. The zero-order valence-corrected chi connectivity index (χ0v) is 42.6. The summed E-state index contributed by atoms with van der Waals surface area (Å²) in [5, 5.41) is 60.2. The minimum atomic E-state index is -1.36. The van der Waals surface area contributed by atoms with E-state index in [4.69, 9.17) is 14.2 Å². The summed E-state index contributed by atoms with van der Waals surface area (Å²) in [6, 6.07) is 17.4. The molecule has 4 aliphatic rings. The molecule has 0 spiro atoms. The topological polar surface area (TPSA) is 348 Å². The molecule has 14 rings (SSSR count). The first-order valence-electron chi connectivity index (χ1n) is 25.5. The van der Waals surface area contributed by atoms with E-state index in [9.17, 15) is 68.7 Å². The van der Waals surface area contributed by atoms with E-state index >= 15 is 0 Å². The number of aromatic nitrogens is 4. The van der Waals surface area contributed by atoms with Crippen LogP contribution in [-0.4, -0.2) is 135 Å². The number of carbonyl (C=O) groups is 9. The summed E-state index contributed by atoms with van der Waals surface area (Å²) in [5.74, 6) is -4.52. The number of fused-ring (bicyclic) bond motifs is 20. The minimum absolute atomic E-state index is 0.0140. The zero-order chi connectivity index (χ0) is 56.9. The SMILES string of the molecule is CC(=O)O[C@@H]1[C@@H](OC(C)=O)CC(n2c3ccc(C=O)cc3c3c4c(c5c6cc(C=O)ccc6[nH]c5c32)C(=O)NC4=O)[C@@H]1OC(C)=O.O=C1NC(=O)c2c1c1c3cc(O)ccc3[nH]c1c1c2c2cc(O)ccc2n1C1C[C@H](O)[C@@H](O)[C@H]1O. The second kappa shape index (κ2) is 18.0. The van der Waals surface area contributed by atoms with Crippen molar-refractivity contribution in [1.29, 1.82) is 0 Å². The summed E-state index contributed by atoms with van der Waals surface area (Å²) in [6.07, 6.45) is -5.75. The van der Waals surface area contributed by atoms with Gasteiger partial charge in [0.1, 0.15) is 42.4 Å². The average Bonchev–Trinajstić information content (AvgIpc) is 2.91. The second-order valence-electron chi connectivity index (χ2n) is 20.7. The van der Waals surface area contributed by atoms with E-state index in [0.717, 1.165) is 0 Å². The van der Waals surface area contributed by atoms with E-state index in [-0.39, 0.29) is 46.6 Å². The molecule has 4 amide bonds. The number of H-pyrrole nitrogens is 2. The molecule has 23 heteroatoms. The van der Waals surface area contributed by atoms with Gasteiger partial charge in [0.25, 0.3) is 23.6 Å². The van der Waals surface area contributed by atoms with Crippen molar-refractivity contribution in [2.45, 2.75) is 82.3 Å². The van der Waals surface area contributed by atoms with Crippen LogP contribution in [0.1, 0.15) is 108 Å². The number of aliphatic hydroxyl groups excluding tert-OH is 3. The maximum absolute atomic E-state index is 13.5. The number of aromatic amines is 2. The van der Waals surface area contributed by atoms with E-state index in [0.29, 0.717) is 111 Å². The quantitative estimate of drug-likeness (QED) is 0.0416. The van der Waals surface area contributed by atoms with E-state index in [1.54, 1.807) is 53.1 Å². The molecule has 0 saturated heterocycles. The standard InChI is InChI=1S/C33H25N3O10.C25H19N3O7/c1-13(39)44-23-10-22(30(45-14(2)40)31(23)46-15(3)41)36-21-7-5-17(12-38)9-19(21)25-27-26(32(42)35-33(27)43)24-18-8-16(11-37)4-6-20(18)34-28(24)29(25)36;29-8-1-3-12-10(5-8)16-18-19(25(35)27-24(18)34)17-11-6-9(30)2-4-13(11)28(21(17)20(16)26-12)14-7-15(31)23(33)22(14)32/h4-9,11-12,22-23,30-31,34H,10H2,1-3H3,(H,35,42,43);1-6,14-15,22-23,26,29-33H,7H2,(H,27,34,35)/t22?,23-,30-,31+;14?,15-,22-,23+/m00/s1. The Morgan fingerprint density at radius 1 is 0.519 bits per heavy atom. The summed E-state index contributed by atoms with van der Waals surface area (Å²) in [6.45, 7) is 3.60. The number of benzene rings is 6. The molecule has 2 saturated carbocycles. The van der Waals surface area contributed by atoms with Crippen molar-refractivity contribution < 1.29 is 82.9 Å². The summed E-state index contributed by atoms with van der Waals surface area (Å²) in [7, 11) is 0. The van der Waals surface area contributed by atoms with Crippen molar-refractivity contribution in [3.63, 3.8) is 0 Å². The number of phenols is 2. The number of phenolic OH excluding ortho intramolecular Hbond substituents is 2. The molecule has 6 heterocycles. The summed E-state index contributed by atoms with van der Waals surface area (Å²) in [4.78, 5) is 120. The van der Waals surface area contributed by atoms with Gasteiger partial charge in [0.05, 0.1) is 62.5 Å². The number of amides is 4. The Morgan fingerprint density at radius 2 is 0.951 bits per heavy atom. The highest BCUT2D eigenvalue weighted by atomic mass is 16.6. The van der Waals surface area contributed by atoms with Gasteiger partial charge >= 0.3 is 17.9 Å². The fourth-order valence-corrected chi connectivity index (χ4v) is 13.0. The molecule has 10 aromatic rings. The Bertz CT molecular complexity index is 4600. The van der Waals surface area contributed by atoms with Gasteiger partial charge in [0.15, 0.2) is 12.2 Å². The molecule has 2 aliphatic carbocycles. The lowest BCUT2D eigenvalue weighted by Gasteiger charge is -2.27. The number of nitrogens with one attached hydrogen (secondary N) is 4. The monoisotopic (exact) mass is 1100 g/mol. The zero-order valence-electron chi connectivity index (χ0n) is 42.6. The Kier molecular flexibility index (Phi) is 11.2. The Hall–Kier alpha value is -9.97. The lowest BCUT2D eigenvalue weighted by Crippen LogP contribution is -2.40. The smallest absolute Gasteiger partial charge is 0.303 e. The lowest BCUT2D eigenvalue weighted by molar-refractivity contribution is -0.175. The summed E-state index contributed by atoms with van der Waals surface area (Å²) in [5.41, 5.74) is 5.18. The van der Waals surface area contributed by atoms with Crippen LogP contribution in [0.25, 0.3) is 87.2 Å². The lowest BCUT2D eigenvalue weighted by atomic mass is 9.96. The van der Waals surface area contributed by atoms with Gasteiger partial charge in [0, 0.05) is 103 Å². The van der Waals surface area contributed by atoms with Crippen LogP contribution in [0.3, 0.4) is 0 Å². The van der Waals surface area contributed by atoms with Crippen molar-refractivity contribution in [2.24, 2.45) is 0 Å². The molecule has 0 bridgehead atoms. The van der Waals surface area contributed by atoms with Gasteiger partial charge in [-0.15, -0.1) is 0 Å². The average molecular weight is 1100 g/mol. The number of aromatic hydroxyl groups is 2. The number of nitrogens with zero attached hydrogens (tertiary/aromatic N) is 2. The van der Waals surface area contributed by atoms with Gasteiger partial charge in [-0.3, -0.25) is 53.8 Å². The number of hydrogen-bond acceptors (Lipinski definition) is 17. The third-order valence-electron chi connectivity index (χ3n) is 16.0. The van der Waals surface area contributed by atoms with Gasteiger partial charge in [-0.2, -0.15) is 0 Å². The Labute approximate surface area is 452 Å². The first-order chi connectivity index (χ1) is 38.8. The Morgan fingerprint density at radius 3 is 1.47 bits per heavy atom. The fraction of sp³-hybridized carbons (Fsp3) is 0.224. The van der Waals surface area contributed by atoms with Crippen LogP contribution in [-0.2, 0) is 28.6 Å². The predicted octanol–water partition coefficient (Wildman–Crippen LogP) is 5.43. The van der Waals surface area contributed by atoms with Crippen molar-refractivity contribution in [3.8, 4) is 11.5 Å². The molecular weight excluding hydrogens is 1050 g/mol. The molecular formula is C58H44N6O17. The number of esters is 3. The molecule has 2 fully saturated rings. The van der Waals surface area contributed by atoms with Crippen LogP contribution in [0.5, 0.6) is 11.5 Å². The predicted molar refractivity (Wildman–Crippen MR) is 287 cm³/mol. The molecule has 8 atom stereocenters. The summed E-state index contributed by atoms with van der Waals surface area (Å²) >= 11 is 0. The van der Waals surface area contributed by atoms with Crippen LogP contribution in [0, 0.1) is 0 Å². The number of aliphatic hydroxyl groups is 3. The highest BCUT2D eigenvalue weighted by molar-refractivity contribution is 6.41. The molecule has 408 valence electrons. The van der Waals surface area contributed by atoms with Gasteiger partial charge in [-0.25, -0.2) is 0 Å². The van der Waals surface area contributed by atoms with Gasteiger partial charge < -0.3 is 58.8 Å². The van der Waals surface area contributed by atoms with Crippen LogP contribution < -0.4 is 10.6 Å². The van der Waals surface area contributed by atoms with Crippen LogP contribution in [0.4, 0.5) is 0 Å². The maximum atomic E-state index is 13.5. The summed E-state index contributed by atoms with van der Waals surface area (Å²) < 4.78 is 20.5. The normalized spacial score (nSPS) is 22.2. The molecule has 4 aromatic heterocycles. The number of carbonyl (C=O) groups excluding carboxylic acids is 9. The third-order valence-corrected chi connectivity index (χ3v) is 16.0. The van der Waals surface area contributed by atoms with E-state index in [2.05, 4.69) is 20.6 Å². The molecule has 81 heavy (non-hydrogen) atoms. The van der Waals surface area contributed by atoms with Crippen molar-refractivity contribution >= 4 is 141 Å². The molecule has 2 unspecified atom stereocenters. The maximum Gasteiger partial charge on any atom is 0.303 e. The number of ether oxygens (including phenoxy) is 3. The largest absolute Gasteiger partial charge is 0.508 e. The molecule has 2 aliphatic heterocycles. The van der Waals surface area contributed by atoms with Crippen LogP contribution in [0.2, 0.25) is 0 Å². The third kappa shape index (κ3) is 7.35. The van der Waals surface area contributed by atoms with Crippen LogP contribution >= 0.6 is 0 Å². The number of imide groups is 2. The molecule has 9 N–H and O–H groups in total. The first-order valence-corrected chi connectivity index (χ1v) is 25.5. The van der Waals surface area contributed by atoms with Gasteiger partial charge in [-0.05, 0) is 79.2 Å². The highest BCUT2D eigenvalue weighted by Crippen LogP contribution is 2.50. The second-order valence-corrected chi connectivity index (χ2v) is 20.7. The number of hydrogen-bond donors (Lipinski definition) is 9. The fourth-order valence-electron chi connectivity index (χ4n) is 13.0. The Balaban J connectivity index is 0.000000158. The van der Waals surface area contributed by atoms with Gasteiger partial charge in [-0.1, -0.05) is 0 Å². The highest BCUT2D eigenvalue weighted by Gasteiger charge is 2.52. The van der Waals surface area contributed by atoms with Crippen molar-refractivity contribution in [3.05, 3.63) is 106 Å². The van der Waals surface area contributed by atoms with Crippen molar-refractivity contribution in [1.82, 2.24) is 29.7 Å². The van der Waals surface area contributed by atoms with Gasteiger partial charge in [0.2, 0.25) is 0 Å². The number of rotatable bonds is 7. The van der Waals surface area contributed by atoms with E-state index in [1.807, 2.05) is 4.57 Å². The van der Waals surface area contributed by atoms with E-state index in [1.165, 1.54) is 45.0 Å². The van der Waals surface area contributed by atoms with E-state index < -0.39 is 90.2 Å².